The van der Waals surface area contributed by atoms with Gasteiger partial charge in [0.05, 0.1) is 4.88 Å². The second-order valence-corrected chi connectivity index (χ2v) is 6.08. The molecule has 24 heavy (non-hydrogen) atoms. The zero-order valence-corrected chi connectivity index (χ0v) is 14.4. The summed E-state index contributed by atoms with van der Waals surface area (Å²) in [6.07, 6.45) is 0. The third-order valence-corrected chi connectivity index (χ3v) is 4.11. The predicted octanol–water partition coefficient (Wildman–Crippen LogP) is 2.49. The molecular formula is C17H19N3O3S. The standard InChI is InChI=1S/C17H19N3O3S/c1-12(21)19-14-5-7-15(8-6-14)20(13(2)22)10-9-18-17(23)16-4-3-11-24-16/h3-8,11H,9-10H2,1-2H3,(H,18,23)(H,19,21). The maximum atomic E-state index is 11.9. The van der Waals surface area contributed by atoms with Crippen molar-refractivity contribution in [3.63, 3.8) is 0 Å². The highest BCUT2D eigenvalue weighted by Crippen LogP contribution is 2.18. The predicted molar refractivity (Wildman–Crippen MR) is 95.4 cm³/mol. The monoisotopic (exact) mass is 345 g/mol. The van der Waals surface area contributed by atoms with Crippen molar-refractivity contribution < 1.29 is 14.4 Å². The molecule has 0 atom stereocenters. The Morgan fingerprint density at radius 3 is 2.33 bits per heavy atom. The SMILES string of the molecule is CC(=O)Nc1ccc(N(CCNC(=O)c2cccs2)C(C)=O)cc1. The summed E-state index contributed by atoms with van der Waals surface area (Å²) in [5, 5.41) is 7.31. The van der Waals surface area contributed by atoms with Crippen molar-refractivity contribution >= 4 is 40.4 Å². The number of carbonyl (C=O) groups is 3. The van der Waals surface area contributed by atoms with Crippen molar-refractivity contribution in [2.24, 2.45) is 0 Å². The third-order valence-electron chi connectivity index (χ3n) is 3.25. The van der Waals surface area contributed by atoms with Crippen molar-refractivity contribution in [1.82, 2.24) is 5.32 Å². The molecule has 1 aromatic heterocycles. The number of hydrogen-bond donors (Lipinski definition) is 2. The largest absolute Gasteiger partial charge is 0.350 e. The summed E-state index contributed by atoms with van der Waals surface area (Å²) in [7, 11) is 0. The highest BCUT2D eigenvalue weighted by molar-refractivity contribution is 7.12. The topological polar surface area (TPSA) is 78.5 Å². The molecule has 1 aromatic carbocycles. The molecule has 0 unspecified atom stereocenters. The number of nitrogens with one attached hydrogen (secondary N) is 2. The Balaban J connectivity index is 1.95. The fourth-order valence-corrected chi connectivity index (χ4v) is 2.81. The molecule has 0 saturated heterocycles. The molecule has 126 valence electrons. The molecule has 2 N–H and O–H groups in total. The molecule has 0 radical (unpaired) electrons. The van der Waals surface area contributed by atoms with Gasteiger partial charge in [-0.15, -0.1) is 11.3 Å². The number of rotatable bonds is 6. The van der Waals surface area contributed by atoms with Crippen molar-refractivity contribution in [3.8, 4) is 0 Å². The second-order valence-electron chi connectivity index (χ2n) is 5.13. The first-order valence-electron chi connectivity index (χ1n) is 7.45. The van der Waals surface area contributed by atoms with Crippen LogP contribution in [0.15, 0.2) is 41.8 Å². The smallest absolute Gasteiger partial charge is 0.261 e. The van der Waals surface area contributed by atoms with Gasteiger partial charge in [-0.3, -0.25) is 14.4 Å². The number of nitrogens with zero attached hydrogens (tertiary/aromatic N) is 1. The van der Waals surface area contributed by atoms with Crippen LogP contribution in [0.25, 0.3) is 0 Å². The van der Waals surface area contributed by atoms with E-state index in [9.17, 15) is 14.4 Å². The molecule has 6 nitrogen and oxygen atoms in total. The number of carbonyl (C=O) groups excluding carboxylic acids is 3. The van der Waals surface area contributed by atoms with Gasteiger partial charge in [-0.1, -0.05) is 6.07 Å². The highest BCUT2D eigenvalue weighted by atomic mass is 32.1. The molecule has 0 bridgehead atoms. The number of hydrogen-bond acceptors (Lipinski definition) is 4. The molecule has 0 aliphatic rings. The van der Waals surface area contributed by atoms with Crippen LogP contribution in [0.2, 0.25) is 0 Å². The maximum absolute atomic E-state index is 11.9. The summed E-state index contributed by atoms with van der Waals surface area (Å²) in [6, 6.07) is 10.6. The minimum absolute atomic E-state index is 0.118. The van der Waals surface area contributed by atoms with Crippen molar-refractivity contribution in [1.29, 1.82) is 0 Å². The number of benzene rings is 1. The van der Waals surface area contributed by atoms with Gasteiger partial charge in [0.25, 0.3) is 5.91 Å². The number of thiophene rings is 1. The van der Waals surface area contributed by atoms with Gasteiger partial charge < -0.3 is 15.5 Å². The summed E-state index contributed by atoms with van der Waals surface area (Å²) in [5.74, 6) is -0.412. The molecule has 0 spiro atoms. The fraction of sp³-hybridized carbons (Fsp3) is 0.235. The van der Waals surface area contributed by atoms with E-state index < -0.39 is 0 Å². The van der Waals surface area contributed by atoms with E-state index in [2.05, 4.69) is 10.6 Å². The molecule has 2 rings (SSSR count). The first-order valence-corrected chi connectivity index (χ1v) is 8.33. The van der Waals surface area contributed by atoms with Gasteiger partial charge in [0.1, 0.15) is 0 Å². The molecule has 7 heteroatoms. The van der Waals surface area contributed by atoms with E-state index in [1.54, 1.807) is 35.2 Å². The number of anilines is 2. The van der Waals surface area contributed by atoms with Gasteiger partial charge in [0, 0.05) is 38.3 Å². The Bertz CT molecular complexity index is 711. The zero-order valence-electron chi connectivity index (χ0n) is 13.5. The van der Waals surface area contributed by atoms with E-state index in [4.69, 9.17) is 0 Å². The van der Waals surface area contributed by atoms with Crippen LogP contribution in [0.1, 0.15) is 23.5 Å². The Morgan fingerprint density at radius 1 is 1.08 bits per heavy atom. The lowest BCUT2D eigenvalue weighted by Crippen LogP contribution is -2.37. The molecular weight excluding hydrogens is 326 g/mol. The van der Waals surface area contributed by atoms with Crippen LogP contribution in [-0.2, 0) is 9.59 Å². The second kappa shape index (κ2) is 8.26. The lowest BCUT2D eigenvalue weighted by atomic mass is 10.2. The molecule has 2 aromatic rings. The summed E-state index contributed by atoms with van der Waals surface area (Å²) < 4.78 is 0. The van der Waals surface area contributed by atoms with E-state index in [0.29, 0.717) is 29.3 Å². The summed E-state index contributed by atoms with van der Waals surface area (Å²) in [5.41, 5.74) is 1.38. The summed E-state index contributed by atoms with van der Waals surface area (Å²) in [4.78, 5) is 37.0. The minimum Gasteiger partial charge on any atom is -0.350 e. The van der Waals surface area contributed by atoms with Crippen LogP contribution < -0.4 is 15.5 Å². The molecule has 0 aliphatic heterocycles. The maximum Gasteiger partial charge on any atom is 0.261 e. The third kappa shape index (κ3) is 4.92. The Kier molecular flexibility index (Phi) is 6.08. The van der Waals surface area contributed by atoms with Gasteiger partial charge >= 0.3 is 0 Å². The zero-order chi connectivity index (χ0) is 17.5. The van der Waals surface area contributed by atoms with Crippen molar-refractivity contribution in [2.45, 2.75) is 13.8 Å². The van der Waals surface area contributed by atoms with Crippen LogP contribution in [0.5, 0.6) is 0 Å². The van der Waals surface area contributed by atoms with Crippen LogP contribution in [0, 0.1) is 0 Å². The molecule has 1 heterocycles. The van der Waals surface area contributed by atoms with Gasteiger partial charge in [0.15, 0.2) is 0 Å². The van der Waals surface area contributed by atoms with Crippen molar-refractivity contribution in [3.05, 3.63) is 46.7 Å². The molecule has 0 fully saturated rings. The van der Waals surface area contributed by atoms with E-state index in [1.807, 2.05) is 11.4 Å². The van der Waals surface area contributed by atoms with Gasteiger partial charge in [-0.05, 0) is 35.7 Å². The Hall–Kier alpha value is -2.67. The first-order chi connectivity index (χ1) is 11.5. The van der Waals surface area contributed by atoms with E-state index in [-0.39, 0.29) is 17.7 Å². The Morgan fingerprint density at radius 2 is 1.79 bits per heavy atom. The summed E-state index contributed by atoms with van der Waals surface area (Å²) >= 11 is 1.37. The van der Waals surface area contributed by atoms with E-state index in [1.165, 1.54) is 25.2 Å². The quantitative estimate of drug-likeness (QED) is 0.844. The fourth-order valence-electron chi connectivity index (χ4n) is 2.17. The van der Waals surface area contributed by atoms with Crippen LogP contribution in [0.4, 0.5) is 11.4 Å². The van der Waals surface area contributed by atoms with E-state index in [0.717, 1.165) is 0 Å². The normalized spacial score (nSPS) is 10.1. The minimum atomic E-state index is -0.150. The van der Waals surface area contributed by atoms with Crippen molar-refractivity contribution in [2.75, 3.05) is 23.3 Å². The first kappa shape index (κ1) is 17.7. The van der Waals surface area contributed by atoms with Gasteiger partial charge in [-0.25, -0.2) is 0 Å². The average Bonchev–Trinajstić information content (AvgIpc) is 3.06. The van der Waals surface area contributed by atoms with Crippen LogP contribution in [-0.4, -0.2) is 30.8 Å². The Labute approximate surface area is 144 Å². The van der Waals surface area contributed by atoms with Gasteiger partial charge in [-0.2, -0.15) is 0 Å². The van der Waals surface area contributed by atoms with Gasteiger partial charge in [0.2, 0.25) is 11.8 Å². The summed E-state index contributed by atoms with van der Waals surface area (Å²) in [6.45, 7) is 3.63. The van der Waals surface area contributed by atoms with Crippen LogP contribution >= 0.6 is 11.3 Å². The van der Waals surface area contributed by atoms with Crippen LogP contribution in [0.3, 0.4) is 0 Å². The van der Waals surface area contributed by atoms with E-state index >= 15 is 0 Å². The lowest BCUT2D eigenvalue weighted by Gasteiger charge is -2.21. The molecule has 0 saturated carbocycles. The molecule has 3 amide bonds. The average molecular weight is 345 g/mol. The number of amides is 3. The molecule has 0 aliphatic carbocycles. The highest BCUT2D eigenvalue weighted by Gasteiger charge is 2.12. The lowest BCUT2D eigenvalue weighted by molar-refractivity contribution is -0.116.